The van der Waals surface area contributed by atoms with Gasteiger partial charge < -0.3 is 15.3 Å². The Balaban J connectivity index is 1.72. The molecule has 0 bridgehead atoms. The van der Waals surface area contributed by atoms with E-state index >= 15 is 0 Å². The summed E-state index contributed by atoms with van der Waals surface area (Å²) in [6, 6.07) is 4.38. The van der Waals surface area contributed by atoms with Gasteiger partial charge in [-0.25, -0.2) is 9.18 Å². The Morgan fingerprint density at radius 3 is 2.60 bits per heavy atom. The van der Waals surface area contributed by atoms with Gasteiger partial charge >= 0.3 is 5.97 Å². The lowest BCUT2D eigenvalue weighted by molar-refractivity contribution is -0.148. The summed E-state index contributed by atoms with van der Waals surface area (Å²) in [5.74, 6) is -2.60. The van der Waals surface area contributed by atoms with Gasteiger partial charge in [0.15, 0.2) is 0 Å². The molecule has 2 aliphatic rings. The summed E-state index contributed by atoms with van der Waals surface area (Å²) >= 11 is 0. The normalized spacial score (nSPS) is 22.2. The second-order valence-electron chi connectivity index (χ2n) is 6.92. The van der Waals surface area contributed by atoms with Crippen molar-refractivity contribution in [3.8, 4) is 0 Å². The molecule has 1 aromatic rings. The number of nitrogens with one attached hydrogen (secondary N) is 1. The summed E-state index contributed by atoms with van der Waals surface area (Å²) in [7, 11) is 0. The first-order valence-electron chi connectivity index (χ1n) is 8.44. The molecule has 0 aromatic heterocycles. The maximum atomic E-state index is 13.4. The molecule has 134 valence electrons. The summed E-state index contributed by atoms with van der Waals surface area (Å²) in [4.78, 5) is 37.8. The van der Waals surface area contributed by atoms with Crippen LogP contribution < -0.4 is 10.2 Å². The summed E-state index contributed by atoms with van der Waals surface area (Å²) in [5.41, 5.74) is -0.234. The zero-order valence-electron chi connectivity index (χ0n) is 14.0. The van der Waals surface area contributed by atoms with Crippen molar-refractivity contribution >= 4 is 23.5 Å². The third-order valence-corrected chi connectivity index (χ3v) is 5.18. The molecule has 7 heteroatoms. The highest BCUT2D eigenvalue weighted by atomic mass is 19.1. The van der Waals surface area contributed by atoms with E-state index in [1.54, 1.807) is 13.0 Å². The fourth-order valence-electron chi connectivity index (χ4n) is 3.64. The van der Waals surface area contributed by atoms with Crippen LogP contribution >= 0.6 is 0 Å². The highest BCUT2D eigenvalue weighted by Gasteiger charge is 2.45. The molecule has 1 aliphatic heterocycles. The number of aryl methyl sites for hydroxylation is 1. The molecule has 1 aliphatic carbocycles. The zero-order valence-corrected chi connectivity index (χ0v) is 14.0. The SMILES string of the molecule is Cc1cc(N2CC(C(=O)NC3(C(=O)O)CCCC3)CC2=O)ccc1F. The number of hydrogen-bond donors (Lipinski definition) is 2. The molecular weight excluding hydrogens is 327 g/mol. The third kappa shape index (κ3) is 3.23. The molecule has 2 N–H and O–H groups in total. The van der Waals surface area contributed by atoms with Gasteiger partial charge in [0.25, 0.3) is 0 Å². The zero-order chi connectivity index (χ0) is 18.2. The van der Waals surface area contributed by atoms with Crippen LogP contribution in [-0.2, 0) is 14.4 Å². The van der Waals surface area contributed by atoms with Crippen molar-refractivity contribution in [1.82, 2.24) is 5.32 Å². The van der Waals surface area contributed by atoms with Gasteiger partial charge in [-0.1, -0.05) is 12.8 Å². The monoisotopic (exact) mass is 348 g/mol. The topological polar surface area (TPSA) is 86.7 Å². The van der Waals surface area contributed by atoms with Gasteiger partial charge in [0.2, 0.25) is 11.8 Å². The summed E-state index contributed by atoms with van der Waals surface area (Å²) in [5, 5.41) is 12.1. The molecule has 2 fully saturated rings. The third-order valence-electron chi connectivity index (χ3n) is 5.18. The Hall–Kier alpha value is -2.44. The number of hydrogen-bond acceptors (Lipinski definition) is 3. The predicted molar refractivity (Wildman–Crippen MR) is 88.6 cm³/mol. The lowest BCUT2D eigenvalue weighted by Crippen LogP contribution is -2.54. The number of carbonyl (C=O) groups is 3. The molecular formula is C18H21FN2O4. The Morgan fingerprint density at radius 1 is 1.32 bits per heavy atom. The van der Waals surface area contributed by atoms with E-state index in [1.807, 2.05) is 0 Å². The molecule has 1 heterocycles. The fourth-order valence-corrected chi connectivity index (χ4v) is 3.64. The van der Waals surface area contributed by atoms with Crippen molar-refractivity contribution in [2.24, 2.45) is 5.92 Å². The number of nitrogens with zero attached hydrogens (tertiary/aromatic N) is 1. The largest absolute Gasteiger partial charge is 0.480 e. The van der Waals surface area contributed by atoms with Crippen LogP contribution in [0.5, 0.6) is 0 Å². The first-order chi connectivity index (χ1) is 11.8. The molecule has 6 nitrogen and oxygen atoms in total. The number of anilines is 1. The van der Waals surface area contributed by atoms with Crippen LogP contribution in [-0.4, -0.2) is 35.0 Å². The van der Waals surface area contributed by atoms with E-state index < -0.39 is 23.3 Å². The fraction of sp³-hybridized carbons (Fsp3) is 0.500. The summed E-state index contributed by atoms with van der Waals surface area (Å²) in [6.07, 6.45) is 2.37. The van der Waals surface area contributed by atoms with Crippen molar-refractivity contribution in [2.75, 3.05) is 11.4 Å². The number of amides is 2. The van der Waals surface area contributed by atoms with Gasteiger partial charge in [-0.2, -0.15) is 0 Å². The molecule has 1 saturated heterocycles. The van der Waals surface area contributed by atoms with Crippen LogP contribution in [0.4, 0.5) is 10.1 Å². The second-order valence-corrected chi connectivity index (χ2v) is 6.92. The van der Waals surface area contributed by atoms with Gasteiger partial charge in [0, 0.05) is 18.7 Å². The van der Waals surface area contributed by atoms with Crippen LogP contribution in [0.25, 0.3) is 0 Å². The molecule has 0 radical (unpaired) electrons. The van der Waals surface area contributed by atoms with Crippen molar-refractivity contribution < 1.29 is 23.9 Å². The number of carboxylic acid groups (broad SMARTS) is 1. The number of carbonyl (C=O) groups excluding carboxylic acids is 2. The number of benzene rings is 1. The van der Waals surface area contributed by atoms with Gasteiger partial charge in [0.05, 0.1) is 5.92 Å². The van der Waals surface area contributed by atoms with Crippen molar-refractivity contribution in [3.63, 3.8) is 0 Å². The predicted octanol–water partition coefficient (Wildman–Crippen LogP) is 2.00. The highest BCUT2D eigenvalue weighted by molar-refractivity contribution is 6.01. The average Bonchev–Trinajstić information content (AvgIpc) is 3.18. The summed E-state index contributed by atoms with van der Waals surface area (Å²) in [6.45, 7) is 1.78. The quantitative estimate of drug-likeness (QED) is 0.871. The van der Waals surface area contributed by atoms with E-state index in [9.17, 15) is 23.9 Å². The molecule has 3 rings (SSSR count). The summed E-state index contributed by atoms with van der Waals surface area (Å²) < 4.78 is 13.4. The van der Waals surface area contributed by atoms with E-state index in [0.717, 1.165) is 12.8 Å². The molecule has 2 amide bonds. The molecule has 1 saturated carbocycles. The van der Waals surface area contributed by atoms with Gasteiger partial charge in [-0.15, -0.1) is 0 Å². The van der Waals surface area contributed by atoms with Crippen molar-refractivity contribution in [1.29, 1.82) is 0 Å². The van der Waals surface area contributed by atoms with Crippen molar-refractivity contribution in [3.05, 3.63) is 29.6 Å². The molecule has 0 spiro atoms. The van der Waals surface area contributed by atoms with E-state index in [2.05, 4.69) is 5.32 Å². The number of aliphatic carboxylic acids is 1. The van der Waals surface area contributed by atoms with Crippen LogP contribution in [0.3, 0.4) is 0 Å². The second kappa shape index (κ2) is 6.46. The van der Waals surface area contributed by atoms with Gasteiger partial charge in [-0.3, -0.25) is 9.59 Å². The minimum absolute atomic E-state index is 0.0258. The Morgan fingerprint density at radius 2 is 2.00 bits per heavy atom. The molecule has 25 heavy (non-hydrogen) atoms. The van der Waals surface area contributed by atoms with Gasteiger partial charge in [-0.05, 0) is 43.5 Å². The van der Waals surface area contributed by atoms with Crippen LogP contribution in [0, 0.1) is 18.7 Å². The van der Waals surface area contributed by atoms with Crippen molar-refractivity contribution in [2.45, 2.75) is 44.6 Å². The first-order valence-corrected chi connectivity index (χ1v) is 8.44. The first kappa shape index (κ1) is 17.4. The lowest BCUT2D eigenvalue weighted by Gasteiger charge is -2.27. The molecule has 1 atom stereocenters. The Labute approximate surface area is 145 Å². The molecule has 1 aromatic carbocycles. The van der Waals surface area contributed by atoms with E-state index in [0.29, 0.717) is 24.1 Å². The number of carboxylic acids is 1. The Bertz CT molecular complexity index is 728. The van der Waals surface area contributed by atoms with Crippen LogP contribution in [0.2, 0.25) is 0 Å². The number of halogens is 1. The van der Waals surface area contributed by atoms with E-state index in [4.69, 9.17) is 0 Å². The minimum atomic E-state index is -1.21. The van der Waals surface area contributed by atoms with Gasteiger partial charge in [0.1, 0.15) is 11.4 Å². The lowest BCUT2D eigenvalue weighted by atomic mass is 9.96. The Kier molecular flexibility index (Phi) is 4.49. The van der Waals surface area contributed by atoms with Crippen LogP contribution in [0.1, 0.15) is 37.7 Å². The standard InChI is InChI=1S/C18H21FN2O4/c1-11-8-13(4-5-14(11)19)21-10-12(9-15(21)22)16(23)20-18(17(24)25)6-2-3-7-18/h4-5,8,12H,2-3,6-7,9-10H2,1H3,(H,20,23)(H,24,25). The maximum absolute atomic E-state index is 13.4. The number of rotatable bonds is 4. The molecule has 1 unspecified atom stereocenters. The van der Waals surface area contributed by atoms with Crippen LogP contribution in [0.15, 0.2) is 18.2 Å². The maximum Gasteiger partial charge on any atom is 0.329 e. The average molecular weight is 348 g/mol. The van der Waals surface area contributed by atoms with E-state index in [-0.39, 0.29) is 24.7 Å². The minimum Gasteiger partial charge on any atom is -0.480 e. The highest BCUT2D eigenvalue weighted by Crippen LogP contribution is 2.32. The van der Waals surface area contributed by atoms with E-state index in [1.165, 1.54) is 17.0 Å². The smallest absolute Gasteiger partial charge is 0.329 e.